The van der Waals surface area contributed by atoms with E-state index in [1.807, 2.05) is 30.3 Å². The lowest BCUT2D eigenvalue weighted by Gasteiger charge is -2.39. The van der Waals surface area contributed by atoms with Crippen LogP contribution < -0.4 is 10.6 Å². The summed E-state index contributed by atoms with van der Waals surface area (Å²) in [5.74, 6) is -1.88. The predicted octanol–water partition coefficient (Wildman–Crippen LogP) is 1.27. The Morgan fingerprint density at radius 3 is 2.45 bits per heavy atom. The molecule has 0 radical (unpaired) electrons. The van der Waals surface area contributed by atoms with E-state index >= 15 is 0 Å². The number of nitrogens with zero attached hydrogens (tertiary/aromatic N) is 1. The number of piperazine rings is 1. The summed E-state index contributed by atoms with van der Waals surface area (Å²) < 4.78 is 5.18. The van der Waals surface area contributed by atoms with Crippen LogP contribution in [0.25, 0.3) is 0 Å². The normalized spacial score (nSPS) is 19.5. The number of amides is 3. The number of benzene rings is 1. The van der Waals surface area contributed by atoms with Gasteiger partial charge in [0.2, 0.25) is 11.8 Å². The molecule has 0 aromatic heterocycles. The number of nitrogens with one attached hydrogen (secondary N) is 2. The molecule has 9 heteroatoms. The molecule has 1 aromatic rings. The second-order valence-electron chi connectivity index (χ2n) is 7.84. The van der Waals surface area contributed by atoms with Crippen LogP contribution in [0.15, 0.2) is 30.3 Å². The Kier molecular flexibility index (Phi) is 7.19. The Labute approximate surface area is 169 Å². The highest BCUT2D eigenvalue weighted by Crippen LogP contribution is 2.17. The van der Waals surface area contributed by atoms with Gasteiger partial charge in [0, 0.05) is 13.0 Å². The minimum Gasteiger partial charge on any atom is -0.481 e. The van der Waals surface area contributed by atoms with E-state index in [1.54, 1.807) is 20.8 Å². The number of aliphatic carboxylic acids is 1. The number of hydrogen-bond acceptors (Lipinski definition) is 5. The average Bonchev–Trinajstić information content (AvgIpc) is 2.62. The summed E-state index contributed by atoms with van der Waals surface area (Å²) in [7, 11) is 0. The minimum atomic E-state index is -1.05. The van der Waals surface area contributed by atoms with Gasteiger partial charge in [-0.2, -0.15) is 0 Å². The fourth-order valence-corrected chi connectivity index (χ4v) is 2.95. The van der Waals surface area contributed by atoms with Crippen molar-refractivity contribution in [2.24, 2.45) is 0 Å². The monoisotopic (exact) mass is 405 g/mol. The van der Waals surface area contributed by atoms with Gasteiger partial charge in [0.25, 0.3) is 0 Å². The zero-order valence-corrected chi connectivity index (χ0v) is 16.8. The fourth-order valence-electron chi connectivity index (χ4n) is 2.95. The number of rotatable bonds is 7. The minimum absolute atomic E-state index is 0.00257. The van der Waals surface area contributed by atoms with E-state index in [0.717, 1.165) is 5.56 Å². The summed E-state index contributed by atoms with van der Waals surface area (Å²) in [6.07, 6.45) is -0.931. The van der Waals surface area contributed by atoms with Crippen molar-refractivity contribution in [3.63, 3.8) is 0 Å². The van der Waals surface area contributed by atoms with Gasteiger partial charge in [0.05, 0.1) is 6.54 Å². The van der Waals surface area contributed by atoms with Crippen molar-refractivity contribution in [1.29, 1.82) is 0 Å². The van der Waals surface area contributed by atoms with E-state index < -0.39 is 35.7 Å². The first-order valence-corrected chi connectivity index (χ1v) is 9.40. The molecule has 3 N–H and O–H groups in total. The number of ether oxygens (including phenoxy) is 1. The first-order chi connectivity index (χ1) is 13.6. The standard InChI is InChI=1S/C20H27N3O6/c1-20(2,3)29-19(28)21-11-15-17(26)22-14(9-10-16(24)25)18(27)23(15)12-13-7-5-4-6-8-13/h4-8,14-15H,9-12H2,1-3H3,(H,21,28)(H,22,26)(H,24,25)/t14-,15+/m1/s1. The second-order valence-corrected chi connectivity index (χ2v) is 7.84. The largest absolute Gasteiger partial charge is 0.481 e. The smallest absolute Gasteiger partial charge is 0.407 e. The Balaban J connectivity index is 2.15. The van der Waals surface area contributed by atoms with Crippen molar-refractivity contribution in [3.8, 4) is 0 Å². The summed E-state index contributed by atoms with van der Waals surface area (Å²) in [4.78, 5) is 49.8. The first-order valence-electron chi connectivity index (χ1n) is 9.40. The molecule has 158 valence electrons. The zero-order valence-electron chi connectivity index (χ0n) is 16.8. The van der Waals surface area contributed by atoms with Gasteiger partial charge in [0.1, 0.15) is 17.7 Å². The number of hydrogen-bond donors (Lipinski definition) is 3. The van der Waals surface area contributed by atoms with Crippen molar-refractivity contribution < 1.29 is 29.0 Å². The topological polar surface area (TPSA) is 125 Å². The molecule has 1 aromatic carbocycles. The number of carboxylic acid groups (broad SMARTS) is 1. The van der Waals surface area contributed by atoms with Gasteiger partial charge in [-0.05, 0) is 32.8 Å². The van der Waals surface area contributed by atoms with E-state index in [2.05, 4.69) is 10.6 Å². The lowest BCUT2D eigenvalue weighted by atomic mass is 10.0. The van der Waals surface area contributed by atoms with Crippen molar-refractivity contribution in [2.75, 3.05) is 6.54 Å². The van der Waals surface area contributed by atoms with Crippen molar-refractivity contribution >= 4 is 23.9 Å². The molecule has 1 aliphatic heterocycles. The molecule has 1 fully saturated rings. The van der Waals surface area contributed by atoms with Gasteiger partial charge in [-0.3, -0.25) is 14.4 Å². The van der Waals surface area contributed by atoms with Gasteiger partial charge < -0.3 is 25.4 Å². The van der Waals surface area contributed by atoms with Crippen LogP contribution in [0.3, 0.4) is 0 Å². The van der Waals surface area contributed by atoms with Crippen LogP contribution in [0, 0.1) is 0 Å². The van der Waals surface area contributed by atoms with Crippen LogP contribution in [0.4, 0.5) is 4.79 Å². The summed E-state index contributed by atoms with van der Waals surface area (Å²) in [6.45, 7) is 5.21. The molecule has 0 spiro atoms. The maximum absolute atomic E-state index is 12.9. The van der Waals surface area contributed by atoms with Crippen LogP contribution in [0.5, 0.6) is 0 Å². The van der Waals surface area contributed by atoms with Gasteiger partial charge in [-0.1, -0.05) is 30.3 Å². The molecule has 0 unspecified atom stereocenters. The van der Waals surface area contributed by atoms with Gasteiger partial charge >= 0.3 is 12.1 Å². The maximum atomic E-state index is 12.9. The molecule has 1 aliphatic rings. The van der Waals surface area contributed by atoms with Crippen LogP contribution >= 0.6 is 0 Å². The van der Waals surface area contributed by atoms with E-state index in [4.69, 9.17) is 9.84 Å². The summed E-state index contributed by atoms with van der Waals surface area (Å²) in [5, 5.41) is 14.0. The van der Waals surface area contributed by atoms with Gasteiger partial charge in [-0.25, -0.2) is 4.79 Å². The third kappa shape index (κ3) is 6.78. The average molecular weight is 405 g/mol. The van der Waals surface area contributed by atoms with Gasteiger partial charge in [0.15, 0.2) is 0 Å². The number of alkyl carbamates (subject to hydrolysis) is 1. The molecule has 2 rings (SSSR count). The van der Waals surface area contributed by atoms with E-state index in [1.165, 1.54) is 4.90 Å². The molecule has 29 heavy (non-hydrogen) atoms. The Morgan fingerprint density at radius 2 is 1.86 bits per heavy atom. The number of carbonyl (C=O) groups excluding carboxylic acids is 3. The Morgan fingerprint density at radius 1 is 1.21 bits per heavy atom. The highest BCUT2D eigenvalue weighted by molar-refractivity contribution is 5.97. The lowest BCUT2D eigenvalue weighted by molar-refractivity contribution is -0.150. The Bertz CT molecular complexity index is 759. The molecule has 0 saturated carbocycles. The van der Waals surface area contributed by atoms with Crippen LogP contribution in [-0.4, -0.2) is 58.1 Å². The molecule has 1 heterocycles. The molecule has 0 aliphatic carbocycles. The third-order valence-electron chi connectivity index (χ3n) is 4.26. The Hall–Kier alpha value is -3.10. The van der Waals surface area contributed by atoms with Crippen LogP contribution in [0.1, 0.15) is 39.2 Å². The first kappa shape index (κ1) is 22.2. The highest BCUT2D eigenvalue weighted by atomic mass is 16.6. The van der Waals surface area contributed by atoms with Crippen molar-refractivity contribution in [1.82, 2.24) is 15.5 Å². The van der Waals surface area contributed by atoms with Crippen molar-refractivity contribution in [3.05, 3.63) is 35.9 Å². The quantitative estimate of drug-likeness (QED) is 0.627. The molecule has 2 atom stereocenters. The van der Waals surface area contributed by atoms with E-state index in [-0.39, 0.29) is 31.8 Å². The third-order valence-corrected chi connectivity index (χ3v) is 4.26. The molecule has 3 amide bonds. The second kappa shape index (κ2) is 9.40. The lowest BCUT2D eigenvalue weighted by Crippen LogP contribution is -2.65. The molecular weight excluding hydrogens is 378 g/mol. The van der Waals surface area contributed by atoms with Crippen LogP contribution in [0.2, 0.25) is 0 Å². The summed E-state index contributed by atoms with van der Waals surface area (Å²) in [6, 6.07) is 7.27. The van der Waals surface area contributed by atoms with E-state index in [0.29, 0.717) is 0 Å². The predicted molar refractivity (Wildman–Crippen MR) is 104 cm³/mol. The molecular formula is C20H27N3O6. The molecule has 0 bridgehead atoms. The summed E-state index contributed by atoms with van der Waals surface area (Å²) in [5.41, 5.74) is 0.121. The maximum Gasteiger partial charge on any atom is 0.407 e. The summed E-state index contributed by atoms with van der Waals surface area (Å²) >= 11 is 0. The van der Waals surface area contributed by atoms with Crippen LogP contribution in [-0.2, 0) is 25.7 Å². The fraction of sp³-hybridized carbons (Fsp3) is 0.500. The highest BCUT2D eigenvalue weighted by Gasteiger charge is 2.40. The SMILES string of the molecule is CC(C)(C)OC(=O)NC[C@H]1C(=O)N[C@H](CCC(=O)O)C(=O)N1Cc1ccccc1. The van der Waals surface area contributed by atoms with Crippen molar-refractivity contribution in [2.45, 2.75) is 57.8 Å². The molecule has 9 nitrogen and oxygen atoms in total. The zero-order chi connectivity index (χ0) is 21.6. The number of carboxylic acids is 1. The van der Waals surface area contributed by atoms with E-state index in [9.17, 15) is 19.2 Å². The molecule has 1 saturated heterocycles. The van der Waals surface area contributed by atoms with Gasteiger partial charge in [-0.15, -0.1) is 0 Å². The number of carbonyl (C=O) groups is 4.